The van der Waals surface area contributed by atoms with Gasteiger partial charge in [-0.15, -0.1) is 11.3 Å². The van der Waals surface area contributed by atoms with Crippen LogP contribution in [0.2, 0.25) is 4.34 Å². The number of hydrogen-bond acceptors (Lipinski definition) is 4. The first kappa shape index (κ1) is 17.0. The molecule has 0 bridgehead atoms. The molecule has 1 atom stereocenters. The van der Waals surface area contributed by atoms with Gasteiger partial charge in [0.05, 0.1) is 4.34 Å². The van der Waals surface area contributed by atoms with Crippen molar-refractivity contribution in [3.05, 3.63) is 28.6 Å². The quantitative estimate of drug-likeness (QED) is 0.761. The van der Waals surface area contributed by atoms with Crippen molar-refractivity contribution in [3.63, 3.8) is 0 Å². The predicted molar refractivity (Wildman–Crippen MR) is 91.1 cm³/mol. The maximum Gasteiger partial charge on any atom is 0.252 e. The van der Waals surface area contributed by atoms with Crippen molar-refractivity contribution in [2.45, 2.75) is 23.5 Å². The normalized spacial score (nSPS) is 22.7. The number of nitrogens with zero attached hydrogens (tertiary/aromatic N) is 2. The number of halogens is 1. The number of allylic oxidation sites excluding steroid dienone is 2. The Kier molecular flexibility index (Phi) is 5.10. The molecule has 8 heteroatoms. The Bertz CT molecular complexity index is 706. The van der Waals surface area contributed by atoms with Crippen molar-refractivity contribution in [1.29, 1.82) is 0 Å². The Morgan fingerprint density at radius 1 is 1.26 bits per heavy atom. The van der Waals surface area contributed by atoms with Gasteiger partial charge in [-0.3, -0.25) is 4.79 Å². The van der Waals surface area contributed by atoms with Crippen LogP contribution in [0.4, 0.5) is 0 Å². The third-order valence-corrected chi connectivity index (χ3v) is 7.88. The summed E-state index contributed by atoms with van der Waals surface area (Å²) in [7, 11) is -3.49. The SMILES string of the molecule is O=C(C[C@@H]1C=CCC1)N1CCN(S(=O)(=O)c2ccc(Cl)s2)CC1. The van der Waals surface area contributed by atoms with Crippen molar-refractivity contribution in [2.75, 3.05) is 26.2 Å². The second kappa shape index (κ2) is 6.93. The van der Waals surface area contributed by atoms with E-state index < -0.39 is 10.0 Å². The topological polar surface area (TPSA) is 57.7 Å². The van der Waals surface area contributed by atoms with E-state index in [0.29, 0.717) is 42.9 Å². The second-order valence-corrected chi connectivity index (χ2v) is 9.69. The van der Waals surface area contributed by atoms with Crippen LogP contribution in [-0.4, -0.2) is 49.7 Å². The van der Waals surface area contributed by atoms with Crippen LogP contribution in [-0.2, 0) is 14.8 Å². The van der Waals surface area contributed by atoms with Crippen molar-refractivity contribution >= 4 is 38.9 Å². The fourth-order valence-corrected chi connectivity index (χ4v) is 6.02. The highest BCUT2D eigenvalue weighted by Gasteiger charge is 2.31. The molecular formula is C15H19ClN2O3S2. The smallest absolute Gasteiger partial charge is 0.252 e. The van der Waals surface area contributed by atoms with Crippen LogP contribution in [0.1, 0.15) is 19.3 Å². The molecule has 1 aliphatic carbocycles. The average molecular weight is 375 g/mol. The molecule has 126 valence electrons. The first-order chi connectivity index (χ1) is 11.0. The van der Waals surface area contributed by atoms with Crippen LogP contribution in [0.25, 0.3) is 0 Å². The molecule has 1 amide bonds. The lowest BCUT2D eigenvalue weighted by molar-refractivity contribution is -0.133. The number of sulfonamides is 1. The van der Waals surface area contributed by atoms with E-state index in [0.717, 1.165) is 24.2 Å². The molecule has 0 spiro atoms. The lowest BCUT2D eigenvalue weighted by Crippen LogP contribution is -2.50. The summed E-state index contributed by atoms with van der Waals surface area (Å²) in [6, 6.07) is 3.13. The van der Waals surface area contributed by atoms with Gasteiger partial charge in [-0.05, 0) is 30.9 Å². The number of amides is 1. The lowest BCUT2D eigenvalue weighted by atomic mass is 10.0. The summed E-state index contributed by atoms with van der Waals surface area (Å²) in [5.74, 6) is 0.468. The van der Waals surface area contributed by atoms with E-state index in [2.05, 4.69) is 12.2 Å². The molecule has 1 saturated heterocycles. The lowest BCUT2D eigenvalue weighted by Gasteiger charge is -2.34. The van der Waals surface area contributed by atoms with Crippen LogP contribution in [0.15, 0.2) is 28.5 Å². The van der Waals surface area contributed by atoms with Gasteiger partial charge in [0.15, 0.2) is 0 Å². The molecule has 0 unspecified atom stereocenters. The number of carbonyl (C=O) groups is 1. The van der Waals surface area contributed by atoms with Crippen LogP contribution >= 0.6 is 22.9 Å². The Labute approximate surface area is 145 Å². The van der Waals surface area contributed by atoms with E-state index in [4.69, 9.17) is 11.6 Å². The van der Waals surface area contributed by atoms with E-state index in [9.17, 15) is 13.2 Å². The first-order valence-corrected chi connectivity index (χ1v) is 10.3. The van der Waals surface area contributed by atoms with Gasteiger partial charge >= 0.3 is 0 Å². The van der Waals surface area contributed by atoms with Crippen molar-refractivity contribution in [3.8, 4) is 0 Å². The predicted octanol–water partition coefficient (Wildman–Crippen LogP) is 2.59. The summed E-state index contributed by atoms with van der Waals surface area (Å²) in [5.41, 5.74) is 0. The highest BCUT2D eigenvalue weighted by atomic mass is 35.5. The zero-order valence-electron chi connectivity index (χ0n) is 12.7. The molecule has 1 aromatic rings. The van der Waals surface area contributed by atoms with Crippen LogP contribution in [0.3, 0.4) is 0 Å². The Hall–Kier alpha value is -0.890. The van der Waals surface area contributed by atoms with E-state index in [-0.39, 0.29) is 10.1 Å². The average Bonchev–Trinajstić information content (AvgIpc) is 3.19. The molecule has 3 rings (SSSR count). The fourth-order valence-electron chi connectivity index (χ4n) is 2.96. The molecule has 2 aliphatic rings. The molecule has 0 N–H and O–H groups in total. The fraction of sp³-hybridized carbons (Fsp3) is 0.533. The van der Waals surface area contributed by atoms with Gasteiger partial charge in [0.2, 0.25) is 5.91 Å². The molecule has 1 aromatic heterocycles. The van der Waals surface area contributed by atoms with Gasteiger partial charge in [-0.2, -0.15) is 4.31 Å². The van der Waals surface area contributed by atoms with Crippen molar-refractivity contribution in [1.82, 2.24) is 9.21 Å². The summed E-state index contributed by atoms with van der Waals surface area (Å²) in [4.78, 5) is 14.1. The minimum absolute atomic E-state index is 0.123. The van der Waals surface area contributed by atoms with Crippen molar-refractivity contribution in [2.24, 2.45) is 5.92 Å². The summed E-state index contributed by atoms with van der Waals surface area (Å²) in [6.45, 7) is 1.58. The molecule has 23 heavy (non-hydrogen) atoms. The van der Waals surface area contributed by atoms with Crippen LogP contribution in [0, 0.1) is 5.92 Å². The maximum atomic E-state index is 12.5. The standard InChI is InChI=1S/C15H19ClN2O3S2/c16-13-5-6-15(22-13)23(20,21)18-9-7-17(8-10-18)14(19)11-12-3-1-2-4-12/h1,3,5-6,12H,2,4,7-11H2/t12-/m1/s1. The Balaban J connectivity index is 1.57. The minimum Gasteiger partial charge on any atom is -0.340 e. The zero-order valence-corrected chi connectivity index (χ0v) is 15.0. The van der Waals surface area contributed by atoms with E-state index >= 15 is 0 Å². The summed E-state index contributed by atoms with van der Waals surface area (Å²) >= 11 is 6.89. The highest BCUT2D eigenvalue weighted by Crippen LogP contribution is 2.29. The number of piperazine rings is 1. The van der Waals surface area contributed by atoms with E-state index in [1.165, 1.54) is 10.4 Å². The highest BCUT2D eigenvalue weighted by molar-refractivity contribution is 7.91. The largest absolute Gasteiger partial charge is 0.340 e. The van der Waals surface area contributed by atoms with Gasteiger partial charge in [-0.1, -0.05) is 23.8 Å². The van der Waals surface area contributed by atoms with Crippen LogP contribution in [0.5, 0.6) is 0 Å². The molecule has 1 aliphatic heterocycles. The van der Waals surface area contributed by atoms with Crippen LogP contribution < -0.4 is 0 Å². The van der Waals surface area contributed by atoms with Gasteiger partial charge < -0.3 is 4.90 Å². The first-order valence-electron chi connectivity index (χ1n) is 7.67. The molecule has 0 radical (unpaired) electrons. The monoisotopic (exact) mass is 374 g/mol. The number of hydrogen-bond donors (Lipinski definition) is 0. The molecule has 0 aromatic carbocycles. The van der Waals surface area contributed by atoms with E-state index in [1.807, 2.05) is 0 Å². The molecule has 0 saturated carbocycles. The third kappa shape index (κ3) is 3.79. The number of thiophene rings is 1. The van der Waals surface area contributed by atoms with Gasteiger partial charge in [0, 0.05) is 32.6 Å². The molecule has 1 fully saturated rings. The maximum absolute atomic E-state index is 12.5. The second-order valence-electron chi connectivity index (χ2n) is 5.81. The summed E-state index contributed by atoms with van der Waals surface area (Å²) in [5, 5.41) is 0. The Morgan fingerprint density at radius 2 is 2.00 bits per heavy atom. The van der Waals surface area contributed by atoms with Gasteiger partial charge in [-0.25, -0.2) is 8.42 Å². The summed E-state index contributed by atoms with van der Waals surface area (Å²) < 4.78 is 27.2. The molecule has 2 heterocycles. The van der Waals surface area contributed by atoms with Gasteiger partial charge in [0.1, 0.15) is 4.21 Å². The van der Waals surface area contributed by atoms with E-state index in [1.54, 1.807) is 11.0 Å². The third-order valence-electron chi connectivity index (χ3n) is 4.28. The van der Waals surface area contributed by atoms with Gasteiger partial charge in [0.25, 0.3) is 10.0 Å². The zero-order chi connectivity index (χ0) is 16.4. The minimum atomic E-state index is -3.49. The number of carbonyl (C=O) groups excluding carboxylic acids is 1. The molecular weight excluding hydrogens is 356 g/mol. The van der Waals surface area contributed by atoms with Crippen molar-refractivity contribution < 1.29 is 13.2 Å². The molecule has 5 nitrogen and oxygen atoms in total. The summed E-state index contributed by atoms with van der Waals surface area (Å²) in [6.07, 6.45) is 6.85. The Morgan fingerprint density at radius 3 is 2.57 bits per heavy atom. The number of rotatable bonds is 4.